The summed E-state index contributed by atoms with van der Waals surface area (Å²) in [6.07, 6.45) is 1.32. The number of carbonyl (C=O) groups is 3. The average molecular weight is 420 g/mol. The number of ether oxygens (including phenoxy) is 4. The zero-order chi connectivity index (χ0) is 21.8. The second kappa shape index (κ2) is 7.20. The molecule has 30 heavy (non-hydrogen) atoms. The molecule has 164 valence electrons. The van der Waals surface area contributed by atoms with E-state index in [9.17, 15) is 19.5 Å². The molecular weight excluding hydrogens is 392 g/mol. The Balaban J connectivity index is 1.57. The van der Waals surface area contributed by atoms with Crippen LogP contribution in [0, 0.1) is 17.3 Å². The fraction of sp³-hybridized carbons (Fsp3) is 0.682. The number of aliphatic hydroxyl groups excluding tert-OH is 1. The first-order chi connectivity index (χ1) is 14.1. The van der Waals surface area contributed by atoms with Crippen LogP contribution in [0.3, 0.4) is 0 Å². The van der Waals surface area contributed by atoms with Gasteiger partial charge in [0.1, 0.15) is 18.8 Å². The van der Waals surface area contributed by atoms with Gasteiger partial charge in [-0.1, -0.05) is 13.5 Å². The summed E-state index contributed by atoms with van der Waals surface area (Å²) in [4.78, 5) is 35.8. The molecule has 8 heteroatoms. The first kappa shape index (κ1) is 21.1. The van der Waals surface area contributed by atoms with Crippen molar-refractivity contribution in [2.45, 2.75) is 63.9 Å². The Bertz CT molecular complexity index is 825. The number of epoxide rings is 1. The summed E-state index contributed by atoms with van der Waals surface area (Å²) in [5.74, 6) is -2.06. The van der Waals surface area contributed by atoms with Gasteiger partial charge in [0, 0.05) is 29.4 Å². The van der Waals surface area contributed by atoms with Crippen molar-refractivity contribution in [1.82, 2.24) is 0 Å². The number of esters is 3. The first-order valence-corrected chi connectivity index (χ1v) is 10.3. The lowest BCUT2D eigenvalue weighted by atomic mass is 9.51. The Morgan fingerprint density at radius 1 is 1.37 bits per heavy atom. The van der Waals surface area contributed by atoms with E-state index in [1.807, 2.05) is 6.92 Å². The van der Waals surface area contributed by atoms with Gasteiger partial charge in [0.2, 0.25) is 0 Å². The van der Waals surface area contributed by atoms with Crippen LogP contribution in [-0.2, 0) is 33.3 Å². The van der Waals surface area contributed by atoms with Crippen molar-refractivity contribution in [3.63, 3.8) is 0 Å². The van der Waals surface area contributed by atoms with Crippen molar-refractivity contribution < 1.29 is 38.4 Å². The quantitative estimate of drug-likeness (QED) is 0.315. The topological polar surface area (TPSA) is 112 Å². The fourth-order valence-electron chi connectivity index (χ4n) is 5.71. The molecule has 4 rings (SSSR count). The molecule has 0 aromatic carbocycles. The SMILES string of the molecule is C=C1C(=O)OC2C1C(O)CC1(C)C(OC(=O)C(C)=CCOC(C)=O)CCC3(CO3)C21. The third-order valence-corrected chi connectivity index (χ3v) is 7.26. The minimum Gasteiger partial charge on any atom is -0.462 e. The summed E-state index contributed by atoms with van der Waals surface area (Å²) >= 11 is 0. The second-order valence-corrected chi connectivity index (χ2v) is 9.15. The molecule has 0 amide bonds. The molecule has 0 radical (unpaired) electrons. The lowest BCUT2D eigenvalue weighted by molar-refractivity contribution is -0.202. The van der Waals surface area contributed by atoms with Crippen LogP contribution < -0.4 is 0 Å². The minimum atomic E-state index is -0.814. The Morgan fingerprint density at radius 2 is 2.07 bits per heavy atom. The highest BCUT2D eigenvalue weighted by molar-refractivity contribution is 5.91. The molecule has 4 aliphatic rings. The van der Waals surface area contributed by atoms with E-state index in [-0.39, 0.29) is 12.5 Å². The molecule has 0 bridgehead atoms. The molecule has 0 aromatic heterocycles. The number of carbonyl (C=O) groups excluding carboxylic acids is 3. The van der Waals surface area contributed by atoms with Crippen LogP contribution in [-0.4, -0.2) is 60.1 Å². The molecule has 2 aliphatic carbocycles. The third kappa shape index (κ3) is 3.26. The van der Waals surface area contributed by atoms with Crippen molar-refractivity contribution in [3.8, 4) is 0 Å². The van der Waals surface area contributed by atoms with Crippen molar-refractivity contribution in [2.75, 3.05) is 13.2 Å². The largest absolute Gasteiger partial charge is 0.462 e. The van der Waals surface area contributed by atoms with Crippen LogP contribution in [0.2, 0.25) is 0 Å². The molecule has 7 atom stereocenters. The number of hydrogen-bond acceptors (Lipinski definition) is 8. The van der Waals surface area contributed by atoms with Gasteiger partial charge in [-0.15, -0.1) is 0 Å². The first-order valence-electron chi connectivity index (χ1n) is 10.3. The van der Waals surface area contributed by atoms with Crippen molar-refractivity contribution in [1.29, 1.82) is 0 Å². The predicted octanol–water partition coefficient (Wildman–Crippen LogP) is 1.46. The molecular formula is C22H28O8. The normalized spacial score (nSPS) is 42.3. The van der Waals surface area contributed by atoms with E-state index in [0.29, 0.717) is 37.0 Å². The summed E-state index contributed by atoms with van der Waals surface area (Å²) in [6, 6.07) is 0. The van der Waals surface area contributed by atoms with Crippen molar-refractivity contribution >= 4 is 17.9 Å². The van der Waals surface area contributed by atoms with Crippen molar-refractivity contribution in [3.05, 3.63) is 23.8 Å². The molecule has 2 aliphatic heterocycles. The lowest BCUT2D eigenvalue weighted by Gasteiger charge is -2.56. The zero-order valence-corrected chi connectivity index (χ0v) is 17.5. The average Bonchev–Trinajstić information content (AvgIpc) is 3.36. The highest BCUT2D eigenvalue weighted by atomic mass is 16.6. The van der Waals surface area contributed by atoms with Gasteiger partial charge in [-0.3, -0.25) is 4.79 Å². The standard InChI is InChI=1S/C22H28O8/c1-11(6-8-27-13(3)23)19(25)29-15-5-7-22(10-28-22)18-17-16(12(2)20(26)30-17)14(24)9-21(15,18)4/h6,14-18,24H,2,5,7-10H2,1,3-4H3. The zero-order valence-electron chi connectivity index (χ0n) is 17.5. The van der Waals surface area contributed by atoms with Crippen LogP contribution >= 0.6 is 0 Å². The lowest BCUT2D eigenvalue weighted by Crippen LogP contribution is -2.63. The van der Waals surface area contributed by atoms with E-state index in [1.165, 1.54) is 13.0 Å². The molecule has 1 N–H and O–H groups in total. The van der Waals surface area contributed by atoms with Crippen molar-refractivity contribution in [2.24, 2.45) is 17.3 Å². The summed E-state index contributed by atoms with van der Waals surface area (Å²) in [7, 11) is 0. The van der Waals surface area contributed by atoms with E-state index >= 15 is 0 Å². The van der Waals surface area contributed by atoms with E-state index in [1.54, 1.807) is 6.92 Å². The van der Waals surface area contributed by atoms with Gasteiger partial charge >= 0.3 is 17.9 Å². The van der Waals surface area contributed by atoms with Gasteiger partial charge < -0.3 is 24.1 Å². The van der Waals surface area contributed by atoms with E-state index in [0.717, 1.165) is 0 Å². The van der Waals surface area contributed by atoms with Crippen LogP contribution in [0.1, 0.15) is 40.0 Å². The van der Waals surface area contributed by atoms with Gasteiger partial charge in [-0.25, -0.2) is 9.59 Å². The van der Waals surface area contributed by atoms with E-state index in [4.69, 9.17) is 18.9 Å². The highest BCUT2D eigenvalue weighted by Crippen LogP contribution is 2.63. The van der Waals surface area contributed by atoms with Crippen LogP contribution in [0.25, 0.3) is 0 Å². The Hall–Kier alpha value is -2.19. The van der Waals surface area contributed by atoms with Gasteiger partial charge in [0.15, 0.2) is 0 Å². The summed E-state index contributed by atoms with van der Waals surface area (Å²) < 4.78 is 22.2. The van der Waals surface area contributed by atoms with Gasteiger partial charge in [0.25, 0.3) is 0 Å². The van der Waals surface area contributed by atoms with Gasteiger partial charge in [0.05, 0.1) is 24.2 Å². The van der Waals surface area contributed by atoms with Crippen LogP contribution in [0.15, 0.2) is 23.8 Å². The maximum Gasteiger partial charge on any atom is 0.334 e. The van der Waals surface area contributed by atoms with Gasteiger partial charge in [-0.2, -0.15) is 0 Å². The molecule has 4 fully saturated rings. The minimum absolute atomic E-state index is 0.00168. The van der Waals surface area contributed by atoms with Gasteiger partial charge in [-0.05, 0) is 32.3 Å². The highest BCUT2D eigenvalue weighted by Gasteiger charge is 2.72. The number of rotatable bonds is 4. The summed E-state index contributed by atoms with van der Waals surface area (Å²) in [6.45, 7) is 9.27. The Labute approximate surface area is 175 Å². The van der Waals surface area contributed by atoms with Crippen LogP contribution in [0.4, 0.5) is 0 Å². The van der Waals surface area contributed by atoms with E-state index < -0.39 is 53.2 Å². The molecule has 2 saturated heterocycles. The number of fused-ring (bicyclic) bond motifs is 4. The molecule has 2 saturated carbocycles. The Kier molecular flexibility index (Phi) is 5.05. The van der Waals surface area contributed by atoms with E-state index in [2.05, 4.69) is 6.58 Å². The smallest absolute Gasteiger partial charge is 0.334 e. The molecule has 8 nitrogen and oxygen atoms in total. The van der Waals surface area contributed by atoms with Crippen LogP contribution in [0.5, 0.6) is 0 Å². The molecule has 1 spiro atoms. The number of aliphatic hydroxyl groups is 1. The molecule has 0 aromatic rings. The predicted molar refractivity (Wildman–Crippen MR) is 103 cm³/mol. The number of hydrogen-bond donors (Lipinski definition) is 1. The molecule has 2 heterocycles. The summed E-state index contributed by atoms with van der Waals surface area (Å²) in [5, 5.41) is 10.9. The Morgan fingerprint density at radius 3 is 2.70 bits per heavy atom. The monoisotopic (exact) mass is 420 g/mol. The third-order valence-electron chi connectivity index (χ3n) is 7.26. The second-order valence-electron chi connectivity index (χ2n) is 9.15. The maximum absolute atomic E-state index is 12.7. The maximum atomic E-state index is 12.7. The fourth-order valence-corrected chi connectivity index (χ4v) is 5.71. The molecule has 7 unspecified atom stereocenters. The summed E-state index contributed by atoms with van der Waals surface area (Å²) in [5.41, 5.74) is -0.388.